The average molecular weight is 284 g/mol. The third-order valence-corrected chi connectivity index (χ3v) is 4.89. The van der Waals surface area contributed by atoms with Crippen LogP contribution in [0.3, 0.4) is 0 Å². The first kappa shape index (κ1) is 12.6. The van der Waals surface area contributed by atoms with Gasteiger partial charge in [-0.25, -0.2) is 0 Å². The molecule has 2 fully saturated rings. The summed E-state index contributed by atoms with van der Waals surface area (Å²) in [6.07, 6.45) is 2.40. The Bertz CT molecular complexity index is 691. The van der Waals surface area contributed by atoms with Crippen molar-refractivity contribution in [2.75, 3.05) is 4.90 Å². The minimum Gasteiger partial charge on any atom is -0.299 e. The molecular formula is C16H16N2O3. The topological polar surface area (TPSA) is 66.5 Å². The molecule has 1 N–H and O–H groups in total. The second-order valence-electron chi connectivity index (χ2n) is 6.19. The predicted octanol–water partition coefficient (Wildman–Crippen LogP) is 1.18. The summed E-state index contributed by atoms with van der Waals surface area (Å²) in [5.74, 6) is -0.584. The van der Waals surface area contributed by atoms with Crippen molar-refractivity contribution in [1.29, 1.82) is 0 Å². The van der Waals surface area contributed by atoms with Crippen LogP contribution in [-0.4, -0.2) is 23.8 Å². The van der Waals surface area contributed by atoms with Gasteiger partial charge in [-0.1, -0.05) is 12.1 Å². The Morgan fingerprint density at radius 3 is 2.67 bits per heavy atom. The number of hydrogen-bond donors (Lipinski definition) is 1. The van der Waals surface area contributed by atoms with Crippen molar-refractivity contribution in [3.63, 3.8) is 0 Å². The van der Waals surface area contributed by atoms with Crippen LogP contribution in [0.2, 0.25) is 0 Å². The number of imide groups is 1. The molecule has 4 rings (SSSR count). The predicted molar refractivity (Wildman–Crippen MR) is 75.7 cm³/mol. The third kappa shape index (κ3) is 1.54. The molecule has 1 aromatic carbocycles. The van der Waals surface area contributed by atoms with E-state index in [9.17, 15) is 14.4 Å². The highest BCUT2D eigenvalue weighted by Gasteiger charge is 2.61. The van der Waals surface area contributed by atoms with Crippen LogP contribution in [0.5, 0.6) is 0 Å². The van der Waals surface area contributed by atoms with Gasteiger partial charge < -0.3 is 0 Å². The van der Waals surface area contributed by atoms with Gasteiger partial charge in [-0.05, 0) is 43.4 Å². The Kier molecular flexibility index (Phi) is 2.35. The molecule has 1 spiro atoms. The number of amides is 3. The number of anilines is 1. The lowest BCUT2D eigenvalue weighted by atomic mass is 9.93. The number of rotatable bonds is 1. The van der Waals surface area contributed by atoms with Crippen molar-refractivity contribution in [2.45, 2.75) is 44.1 Å². The molecule has 1 unspecified atom stereocenters. The molecule has 0 bridgehead atoms. The fourth-order valence-corrected chi connectivity index (χ4v) is 3.75. The lowest BCUT2D eigenvalue weighted by molar-refractivity contribution is -0.135. The molecule has 0 radical (unpaired) electrons. The summed E-state index contributed by atoms with van der Waals surface area (Å²) in [6, 6.07) is 5.29. The maximum Gasteiger partial charge on any atom is 0.249 e. The first-order chi connectivity index (χ1) is 10.0. The number of fused-ring (bicyclic) bond motifs is 2. The van der Waals surface area contributed by atoms with Crippen LogP contribution >= 0.6 is 0 Å². The SMILES string of the molecule is Cc1cccc2c1C1(CC1)C(=O)N2C1CCC(=O)NC1=O. The van der Waals surface area contributed by atoms with Crippen molar-refractivity contribution >= 4 is 23.4 Å². The highest BCUT2D eigenvalue weighted by molar-refractivity contribution is 6.15. The molecule has 2 heterocycles. The van der Waals surface area contributed by atoms with E-state index in [0.717, 1.165) is 29.7 Å². The van der Waals surface area contributed by atoms with Gasteiger partial charge in [0.1, 0.15) is 6.04 Å². The minimum atomic E-state index is -0.560. The highest BCUT2D eigenvalue weighted by Crippen LogP contribution is 2.59. The molecule has 21 heavy (non-hydrogen) atoms. The molecule has 108 valence electrons. The number of nitrogens with one attached hydrogen (secondary N) is 1. The van der Waals surface area contributed by atoms with E-state index < -0.39 is 11.5 Å². The Morgan fingerprint density at radius 1 is 1.24 bits per heavy atom. The van der Waals surface area contributed by atoms with Crippen LogP contribution in [0.4, 0.5) is 5.69 Å². The van der Waals surface area contributed by atoms with E-state index in [2.05, 4.69) is 5.32 Å². The molecule has 3 aliphatic rings. The molecule has 1 saturated carbocycles. The molecule has 1 aliphatic carbocycles. The number of carbonyl (C=O) groups excluding carboxylic acids is 3. The number of hydrogen-bond acceptors (Lipinski definition) is 3. The molecule has 1 saturated heterocycles. The van der Waals surface area contributed by atoms with E-state index >= 15 is 0 Å². The zero-order valence-electron chi connectivity index (χ0n) is 11.8. The second-order valence-corrected chi connectivity index (χ2v) is 6.19. The van der Waals surface area contributed by atoms with Crippen molar-refractivity contribution < 1.29 is 14.4 Å². The quantitative estimate of drug-likeness (QED) is 0.787. The summed E-state index contributed by atoms with van der Waals surface area (Å²) in [6.45, 7) is 2.01. The first-order valence-corrected chi connectivity index (χ1v) is 7.32. The average Bonchev–Trinajstić information content (AvgIpc) is 3.18. The lowest BCUT2D eigenvalue weighted by Gasteiger charge is -2.30. The van der Waals surface area contributed by atoms with Gasteiger partial charge in [0.05, 0.1) is 5.41 Å². The number of aryl methyl sites for hydroxylation is 1. The van der Waals surface area contributed by atoms with E-state index in [0.29, 0.717) is 6.42 Å². The number of nitrogens with zero attached hydrogens (tertiary/aromatic N) is 1. The first-order valence-electron chi connectivity index (χ1n) is 7.32. The fraction of sp³-hybridized carbons (Fsp3) is 0.438. The van der Waals surface area contributed by atoms with Crippen molar-refractivity contribution in [3.8, 4) is 0 Å². The fourth-order valence-electron chi connectivity index (χ4n) is 3.75. The smallest absolute Gasteiger partial charge is 0.249 e. The van der Waals surface area contributed by atoms with Crippen LogP contribution < -0.4 is 10.2 Å². The summed E-state index contributed by atoms with van der Waals surface area (Å²) in [5.41, 5.74) is 2.64. The third-order valence-electron chi connectivity index (χ3n) is 4.89. The normalized spacial score (nSPS) is 26.0. The van der Waals surface area contributed by atoms with Gasteiger partial charge >= 0.3 is 0 Å². The van der Waals surface area contributed by atoms with E-state index in [1.807, 2.05) is 25.1 Å². The van der Waals surface area contributed by atoms with Crippen LogP contribution in [0.1, 0.15) is 36.8 Å². The summed E-state index contributed by atoms with van der Waals surface area (Å²) in [5, 5.41) is 2.35. The largest absolute Gasteiger partial charge is 0.299 e. The van der Waals surface area contributed by atoms with Crippen molar-refractivity contribution in [1.82, 2.24) is 5.32 Å². The molecule has 1 atom stereocenters. The lowest BCUT2D eigenvalue weighted by Crippen LogP contribution is -2.54. The minimum absolute atomic E-state index is 0.0290. The summed E-state index contributed by atoms with van der Waals surface area (Å²) < 4.78 is 0. The van der Waals surface area contributed by atoms with Crippen molar-refractivity contribution in [2.24, 2.45) is 0 Å². The monoisotopic (exact) mass is 284 g/mol. The van der Waals surface area contributed by atoms with Gasteiger partial charge in [0.25, 0.3) is 0 Å². The van der Waals surface area contributed by atoms with Gasteiger partial charge in [0, 0.05) is 12.1 Å². The van der Waals surface area contributed by atoms with E-state index in [4.69, 9.17) is 0 Å². The maximum absolute atomic E-state index is 12.9. The molecule has 5 nitrogen and oxygen atoms in total. The van der Waals surface area contributed by atoms with Crippen molar-refractivity contribution in [3.05, 3.63) is 29.3 Å². The zero-order valence-corrected chi connectivity index (χ0v) is 11.8. The highest BCUT2D eigenvalue weighted by atomic mass is 16.2. The maximum atomic E-state index is 12.9. The van der Waals surface area contributed by atoms with Crippen LogP contribution in [-0.2, 0) is 19.8 Å². The Morgan fingerprint density at radius 2 is 2.00 bits per heavy atom. The Labute approximate surface area is 122 Å². The summed E-state index contributed by atoms with van der Waals surface area (Å²) >= 11 is 0. The summed E-state index contributed by atoms with van der Waals surface area (Å²) in [4.78, 5) is 38.0. The number of benzene rings is 1. The molecule has 2 aliphatic heterocycles. The molecule has 0 aromatic heterocycles. The van der Waals surface area contributed by atoms with Gasteiger partial charge in [-0.3, -0.25) is 24.6 Å². The van der Waals surface area contributed by atoms with Gasteiger partial charge in [0.15, 0.2) is 0 Å². The molecular weight excluding hydrogens is 268 g/mol. The van der Waals surface area contributed by atoms with Crippen LogP contribution in [0.25, 0.3) is 0 Å². The van der Waals surface area contributed by atoms with E-state index in [1.54, 1.807) is 4.90 Å². The second kappa shape index (κ2) is 3.93. The number of carbonyl (C=O) groups is 3. The van der Waals surface area contributed by atoms with E-state index in [1.165, 1.54) is 0 Å². The molecule has 5 heteroatoms. The molecule has 1 aromatic rings. The standard InChI is InChI=1S/C16H16N2O3/c1-9-3-2-4-10-13(9)16(7-8-16)15(21)18(10)11-5-6-12(19)17-14(11)20/h2-4,11H,5-8H2,1H3,(H,17,19,20). The summed E-state index contributed by atoms with van der Waals surface area (Å²) in [7, 11) is 0. The zero-order chi connectivity index (χ0) is 14.8. The Balaban J connectivity index is 1.81. The Hall–Kier alpha value is -2.17. The van der Waals surface area contributed by atoms with Crippen LogP contribution in [0, 0.1) is 6.92 Å². The van der Waals surface area contributed by atoms with Gasteiger partial charge in [0.2, 0.25) is 17.7 Å². The van der Waals surface area contributed by atoms with Crippen LogP contribution in [0.15, 0.2) is 18.2 Å². The molecule has 3 amide bonds. The van der Waals surface area contributed by atoms with E-state index in [-0.39, 0.29) is 24.1 Å². The van der Waals surface area contributed by atoms with Gasteiger partial charge in [-0.2, -0.15) is 0 Å². The number of piperidine rings is 1. The van der Waals surface area contributed by atoms with Gasteiger partial charge in [-0.15, -0.1) is 0 Å².